The van der Waals surface area contributed by atoms with Gasteiger partial charge in [-0.05, 0) is 32.2 Å². The molecule has 2 heterocycles. The van der Waals surface area contributed by atoms with Crippen LogP contribution in [0.4, 0.5) is 0 Å². The van der Waals surface area contributed by atoms with Gasteiger partial charge in [0.15, 0.2) is 0 Å². The third kappa shape index (κ3) is 2.29. The third-order valence-electron chi connectivity index (χ3n) is 2.88. The summed E-state index contributed by atoms with van der Waals surface area (Å²) in [6.45, 7) is 2.06. The summed E-state index contributed by atoms with van der Waals surface area (Å²) in [5.74, 6) is 1.63. The van der Waals surface area contributed by atoms with E-state index in [0.29, 0.717) is 12.0 Å². The molecule has 15 heavy (non-hydrogen) atoms. The van der Waals surface area contributed by atoms with Gasteiger partial charge in [0.25, 0.3) is 5.19 Å². The van der Waals surface area contributed by atoms with Crippen molar-refractivity contribution in [3.8, 4) is 5.19 Å². The lowest BCUT2D eigenvalue weighted by molar-refractivity contribution is 0.166. The van der Waals surface area contributed by atoms with Crippen LogP contribution >= 0.6 is 11.5 Å². The molecule has 0 radical (unpaired) electrons. The number of rotatable bonds is 3. The van der Waals surface area contributed by atoms with Crippen LogP contribution in [0.15, 0.2) is 0 Å². The molecule has 1 N–H and O–H groups in total. The molecule has 4 nitrogen and oxygen atoms in total. The molecule has 1 aliphatic carbocycles. The molecule has 82 valence electrons. The molecule has 1 aliphatic heterocycles. The van der Waals surface area contributed by atoms with E-state index >= 15 is 0 Å². The first-order chi connectivity index (χ1) is 7.42. The first kappa shape index (κ1) is 9.54. The number of nitrogens with one attached hydrogen (secondary N) is 1. The molecule has 0 unspecified atom stereocenters. The van der Waals surface area contributed by atoms with Crippen molar-refractivity contribution >= 4 is 11.5 Å². The number of hydrogen-bond acceptors (Lipinski definition) is 5. The highest BCUT2D eigenvalue weighted by Gasteiger charge is 2.28. The molecule has 1 atom stereocenters. The Bertz CT molecular complexity index is 331. The molecular weight excluding hydrogens is 210 g/mol. The summed E-state index contributed by atoms with van der Waals surface area (Å²) in [5.41, 5.74) is 0. The predicted molar refractivity (Wildman–Crippen MR) is 58.4 cm³/mol. The Labute approximate surface area is 93.2 Å². The highest BCUT2D eigenvalue weighted by molar-refractivity contribution is 7.07. The van der Waals surface area contributed by atoms with Crippen LogP contribution in [0.5, 0.6) is 5.19 Å². The maximum atomic E-state index is 5.80. The van der Waals surface area contributed by atoms with E-state index in [1.807, 2.05) is 0 Å². The van der Waals surface area contributed by atoms with E-state index in [-0.39, 0.29) is 0 Å². The summed E-state index contributed by atoms with van der Waals surface area (Å²) in [6, 6.07) is 0. The number of piperidine rings is 1. The Kier molecular flexibility index (Phi) is 2.58. The molecule has 0 spiro atoms. The van der Waals surface area contributed by atoms with E-state index in [1.54, 1.807) is 0 Å². The van der Waals surface area contributed by atoms with Gasteiger partial charge in [-0.3, -0.25) is 0 Å². The Hall–Kier alpha value is -0.680. The fourth-order valence-electron chi connectivity index (χ4n) is 1.84. The Morgan fingerprint density at radius 3 is 3.00 bits per heavy atom. The Balaban J connectivity index is 1.60. The lowest BCUT2D eigenvalue weighted by Gasteiger charge is -2.22. The van der Waals surface area contributed by atoms with Crippen LogP contribution in [-0.4, -0.2) is 28.6 Å². The standard InChI is InChI=1S/C10H15N3OS/c1-2-8(6-11-5-1)14-10-12-9(13-15-10)7-3-4-7/h7-8,11H,1-6H2/t8-/m0/s1. The second-order valence-corrected chi connectivity index (χ2v) is 4.99. The minimum absolute atomic E-state index is 0.291. The molecule has 0 bridgehead atoms. The van der Waals surface area contributed by atoms with Gasteiger partial charge in [-0.15, -0.1) is 0 Å². The number of nitrogens with zero attached hydrogens (tertiary/aromatic N) is 2. The molecule has 1 aromatic rings. The normalized spacial score (nSPS) is 26.5. The van der Waals surface area contributed by atoms with Crippen molar-refractivity contribution in [2.75, 3.05) is 13.1 Å². The van der Waals surface area contributed by atoms with E-state index in [9.17, 15) is 0 Å². The van der Waals surface area contributed by atoms with E-state index in [0.717, 1.165) is 30.5 Å². The minimum atomic E-state index is 0.291. The smallest absolute Gasteiger partial charge is 0.293 e. The van der Waals surface area contributed by atoms with Crippen LogP contribution in [-0.2, 0) is 0 Å². The van der Waals surface area contributed by atoms with Gasteiger partial charge in [0.05, 0.1) is 0 Å². The van der Waals surface area contributed by atoms with Crippen LogP contribution in [0.25, 0.3) is 0 Å². The van der Waals surface area contributed by atoms with E-state index < -0.39 is 0 Å². The van der Waals surface area contributed by atoms with Crippen molar-refractivity contribution in [2.45, 2.75) is 37.7 Å². The SMILES string of the molecule is C1CNC[C@@H](Oc2nc(C3CC3)ns2)C1. The minimum Gasteiger partial charge on any atom is -0.464 e. The first-order valence-electron chi connectivity index (χ1n) is 5.63. The monoisotopic (exact) mass is 225 g/mol. The average Bonchev–Trinajstić information content (AvgIpc) is 3.02. The van der Waals surface area contributed by atoms with E-state index in [2.05, 4.69) is 14.7 Å². The van der Waals surface area contributed by atoms with Crippen LogP contribution < -0.4 is 10.1 Å². The van der Waals surface area contributed by atoms with Gasteiger partial charge in [0, 0.05) is 24.0 Å². The van der Waals surface area contributed by atoms with Crippen molar-refractivity contribution in [3.63, 3.8) is 0 Å². The van der Waals surface area contributed by atoms with Crippen LogP contribution in [0.2, 0.25) is 0 Å². The Morgan fingerprint density at radius 1 is 1.33 bits per heavy atom. The zero-order chi connectivity index (χ0) is 10.1. The van der Waals surface area contributed by atoms with Gasteiger partial charge in [-0.1, -0.05) is 0 Å². The second-order valence-electron chi connectivity index (χ2n) is 4.28. The molecule has 1 saturated carbocycles. The Morgan fingerprint density at radius 2 is 2.27 bits per heavy atom. The fourth-order valence-corrected chi connectivity index (χ4v) is 2.51. The average molecular weight is 225 g/mol. The number of aromatic nitrogens is 2. The molecule has 2 aliphatic rings. The van der Waals surface area contributed by atoms with Crippen molar-refractivity contribution in [3.05, 3.63) is 5.82 Å². The summed E-state index contributed by atoms with van der Waals surface area (Å²) in [4.78, 5) is 4.42. The molecule has 5 heteroatoms. The molecule has 0 aromatic carbocycles. The third-order valence-corrected chi connectivity index (χ3v) is 3.51. The van der Waals surface area contributed by atoms with Gasteiger partial charge in [-0.25, -0.2) is 0 Å². The highest BCUT2D eigenvalue weighted by atomic mass is 32.1. The van der Waals surface area contributed by atoms with E-state index in [4.69, 9.17) is 4.74 Å². The summed E-state index contributed by atoms with van der Waals surface area (Å²) in [7, 11) is 0. The van der Waals surface area contributed by atoms with Gasteiger partial charge in [0.2, 0.25) is 0 Å². The van der Waals surface area contributed by atoms with Gasteiger partial charge >= 0.3 is 0 Å². The van der Waals surface area contributed by atoms with Gasteiger partial charge in [0.1, 0.15) is 11.9 Å². The largest absolute Gasteiger partial charge is 0.464 e. The van der Waals surface area contributed by atoms with Crippen molar-refractivity contribution in [2.24, 2.45) is 0 Å². The molecule has 1 aromatic heterocycles. The predicted octanol–water partition coefficient (Wildman–Crippen LogP) is 1.55. The highest BCUT2D eigenvalue weighted by Crippen LogP contribution is 2.39. The summed E-state index contributed by atoms with van der Waals surface area (Å²) in [5, 5.41) is 4.08. The van der Waals surface area contributed by atoms with Crippen LogP contribution in [0, 0.1) is 0 Å². The van der Waals surface area contributed by atoms with Gasteiger partial charge < -0.3 is 10.1 Å². The molecule has 1 saturated heterocycles. The summed E-state index contributed by atoms with van der Waals surface area (Å²) >= 11 is 1.40. The van der Waals surface area contributed by atoms with Crippen LogP contribution in [0.1, 0.15) is 37.4 Å². The zero-order valence-electron chi connectivity index (χ0n) is 8.61. The fraction of sp³-hybridized carbons (Fsp3) is 0.800. The number of ether oxygens (including phenoxy) is 1. The van der Waals surface area contributed by atoms with E-state index in [1.165, 1.54) is 30.8 Å². The lowest BCUT2D eigenvalue weighted by atomic mass is 10.1. The molecule has 3 rings (SSSR count). The molecular formula is C10H15N3OS. The zero-order valence-corrected chi connectivity index (χ0v) is 9.42. The van der Waals surface area contributed by atoms with Crippen LogP contribution in [0.3, 0.4) is 0 Å². The lowest BCUT2D eigenvalue weighted by Crippen LogP contribution is -2.37. The summed E-state index contributed by atoms with van der Waals surface area (Å²) in [6.07, 6.45) is 5.12. The summed E-state index contributed by atoms with van der Waals surface area (Å²) < 4.78 is 10.1. The first-order valence-corrected chi connectivity index (χ1v) is 6.40. The topological polar surface area (TPSA) is 47.0 Å². The molecule has 0 amide bonds. The molecule has 2 fully saturated rings. The van der Waals surface area contributed by atoms with Gasteiger partial charge in [-0.2, -0.15) is 9.36 Å². The maximum absolute atomic E-state index is 5.80. The number of hydrogen-bond donors (Lipinski definition) is 1. The quantitative estimate of drug-likeness (QED) is 0.847. The van der Waals surface area contributed by atoms with Crippen molar-refractivity contribution < 1.29 is 4.74 Å². The van der Waals surface area contributed by atoms with Crippen molar-refractivity contribution in [1.29, 1.82) is 0 Å². The maximum Gasteiger partial charge on any atom is 0.293 e. The second kappa shape index (κ2) is 4.06. The van der Waals surface area contributed by atoms with Crippen molar-refractivity contribution in [1.82, 2.24) is 14.7 Å².